The van der Waals surface area contributed by atoms with Gasteiger partial charge in [0, 0.05) is 19.1 Å². The highest BCUT2D eigenvalue weighted by Crippen LogP contribution is 2.27. The van der Waals surface area contributed by atoms with Gasteiger partial charge < -0.3 is 11.1 Å². The van der Waals surface area contributed by atoms with Crippen molar-refractivity contribution in [2.24, 2.45) is 17.6 Å². The number of carbonyl (C=O) groups excluding carboxylic acids is 1. The fourth-order valence-electron chi connectivity index (χ4n) is 2.43. The second kappa shape index (κ2) is 6.57. The highest BCUT2D eigenvalue weighted by Gasteiger charge is 2.29. The third-order valence-corrected chi connectivity index (χ3v) is 3.76. The van der Waals surface area contributed by atoms with Gasteiger partial charge >= 0.3 is 0 Å². The molecule has 1 aliphatic heterocycles. The van der Waals surface area contributed by atoms with E-state index in [2.05, 4.69) is 17.1 Å². The van der Waals surface area contributed by atoms with Crippen molar-refractivity contribution in [2.75, 3.05) is 26.2 Å². The second-order valence-electron chi connectivity index (χ2n) is 5.36. The Morgan fingerprint density at radius 2 is 2.12 bits per heavy atom. The molecular weight excluding hydrogens is 238 g/mol. The standard InChI is InChI=1S/C12H23N3O.ClH/c1-9-4-11(5-13)7-15(9)8-12(16)14-6-10-2-3-10;/h9-11H,2-8,13H2,1H3,(H,14,16);1H. The fraction of sp³-hybridized carbons (Fsp3) is 0.917. The van der Waals surface area contributed by atoms with Crippen molar-refractivity contribution < 1.29 is 4.79 Å². The van der Waals surface area contributed by atoms with Gasteiger partial charge in [-0.05, 0) is 44.6 Å². The number of hydrogen-bond acceptors (Lipinski definition) is 3. The molecule has 0 aromatic rings. The third-order valence-electron chi connectivity index (χ3n) is 3.76. The van der Waals surface area contributed by atoms with Crippen molar-refractivity contribution in [1.82, 2.24) is 10.2 Å². The molecular formula is C12H24ClN3O. The van der Waals surface area contributed by atoms with Crippen LogP contribution in [0.3, 0.4) is 0 Å². The Morgan fingerprint density at radius 1 is 1.41 bits per heavy atom. The molecule has 1 saturated heterocycles. The van der Waals surface area contributed by atoms with Gasteiger partial charge in [0.2, 0.25) is 5.91 Å². The summed E-state index contributed by atoms with van der Waals surface area (Å²) in [5.74, 6) is 1.51. The first-order valence-corrected chi connectivity index (χ1v) is 6.40. The van der Waals surface area contributed by atoms with Crippen LogP contribution in [0, 0.1) is 11.8 Å². The monoisotopic (exact) mass is 261 g/mol. The van der Waals surface area contributed by atoms with E-state index < -0.39 is 0 Å². The van der Waals surface area contributed by atoms with Gasteiger partial charge in [0.05, 0.1) is 6.54 Å². The molecule has 1 saturated carbocycles. The average molecular weight is 262 g/mol. The van der Waals surface area contributed by atoms with E-state index in [9.17, 15) is 4.79 Å². The summed E-state index contributed by atoms with van der Waals surface area (Å²) >= 11 is 0. The van der Waals surface area contributed by atoms with Gasteiger partial charge in [-0.2, -0.15) is 0 Å². The van der Waals surface area contributed by atoms with Gasteiger partial charge in [-0.25, -0.2) is 0 Å². The Hall–Kier alpha value is -0.320. The van der Waals surface area contributed by atoms with Crippen molar-refractivity contribution in [3.63, 3.8) is 0 Å². The Balaban J connectivity index is 0.00000144. The van der Waals surface area contributed by atoms with E-state index in [0.29, 0.717) is 18.5 Å². The number of rotatable bonds is 5. The van der Waals surface area contributed by atoms with E-state index in [-0.39, 0.29) is 18.3 Å². The van der Waals surface area contributed by atoms with Gasteiger partial charge in [-0.3, -0.25) is 9.69 Å². The maximum Gasteiger partial charge on any atom is 0.234 e. The van der Waals surface area contributed by atoms with Crippen LogP contribution in [0.2, 0.25) is 0 Å². The Labute approximate surface area is 110 Å². The molecule has 100 valence electrons. The summed E-state index contributed by atoms with van der Waals surface area (Å²) in [6.07, 6.45) is 3.71. The van der Waals surface area contributed by atoms with Crippen LogP contribution >= 0.6 is 12.4 Å². The highest BCUT2D eigenvalue weighted by atomic mass is 35.5. The van der Waals surface area contributed by atoms with E-state index in [1.807, 2.05) is 0 Å². The number of nitrogens with zero attached hydrogens (tertiary/aromatic N) is 1. The summed E-state index contributed by atoms with van der Waals surface area (Å²) in [7, 11) is 0. The molecule has 1 amide bonds. The van der Waals surface area contributed by atoms with Gasteiger partial charge in [-0.1, -0.05) is 0 Å². The van der Waals surface area contributed by atoms with E-state index in [1.54, 1.807) is 0 Å². The summed E-state index contributed by atoms with van der Waals surface area (Å²) in [4.78, 5) is 13.9. The molecule has 1 aliphatic carbocycles. The van der Waals surface area contributed by atoms with Gasteiger partial charge in [0.1, 0.15) is 0 Å². The van der Waals surface area contributed by atoms with Crippen LogP contribution in [0.5, 0.6) is 0 Å². The summed E-state index contributed by atoms with van der Waals surface area (Å²) in [5.41, 5.74) is 5.67. The van der Waals surface area contributed by atoms with Crippen LogP contribution in [0.4, 0.5) is 0 Å². The first-order chi connectivity index (χ1) is 7.69. The number of hydrogen-bond donors (Lipinski definition) is 2. The molecule has 0 aromatic heterocycles. The van der Waals surface area contributed by atoms with Crippen LogP contribution in [0.1, 0.15) is 26.2 Å². The van der Waals surface area contributed by atoms with Crippen LogP contribution in [0.15, 0.2) is 0 Å². The normalized spacial score (nSPS) is 28.8. The molecule has 17 heavy (non-hydrogen) atoms. The van der Waals surface area contributed by atoms with Crippen molar-refractivity contribution in [3.8, 4) is 0 Å². The molecule has 5 heteroatoms. The van der Waals surface area contributed by atoms with E-state index in [4.69, 9.17) is 5.73 Å². The first kappa shape index (κ1) is 14.7. The predicted octanol–water partition coefficient (Wildman–Crippen LogP) is 0.604. The quantitative estimate of drug-likeness (QED) is 0.762. The first-order valence-electron chi connectivity index (χ1n) is 6.40. The van der Waals surface area contributed by atoms with Gasteiger partial charge in [0.25, 0.3) is 0 Å². The van der Waals surface area contributed by atoms with Crippen molar-refractivity contribution in [3.05, 3.63) is 0 Å². The van der Waals surface area contributed by atoms with Crippen molar-refractivity contribution in [2.45, 2.75) is 32.2 Å². The maximum atomic E-state index is 11.7. The molecule has 2 unspecified atom stereocenters. The zero-order valence-corrected chi connectivity index (χ0v) is 11.3. The van der Waals surface area contributed by atoms with E-state index >= 15 is 0 Å². The SMILES string of the molecule is CC1CC(CN)CN1CC(=O)NCC1CC1.Cl. The van der Waals surface area contributed by atoms with Crippen molar-refractivity contribution in [1.29, 1.82) is 0 Å². The number of nitrogens with two attached hydrogens (primary N) is 1. The lowest BCUT2D eigenvalue weighted by Gasteiger charge is -2.20. The average Bonchev–Trinajstić information content (AvgIpc) is 3.02. The zero-order valence-electron chi connectivity index (χ0n) is 10.5. The smallest absolute Gasteiger partial charge is 0.234 e. The van der Waals surface area contributed by atoms with Crippen LogP contribution in [-0.2, 0) is 4.79 Å². The minimum absolute atomic E-state index is 0. The highest BCUT2D eigenvalue weighted by molar-refractivity contribution is 5.85. The number of amides is 1. The third kappa shape index (κ3) is 4.45. The van der Waals surface area contributed by atoms with Crippen LogP contribution in [0.25, 0.3) is 0 Å². The Kier molecular flexibility index (Phi) is 5.70. The van der Waals surface area contributed by atoms with Gasteiger partial charge in [0.15, 0.2) is 0 Å². The molecule has 0 spiro atoms. The second-order valence-corrected chi connectivity index (χ2v) is 5.36. The van der Waals surface area contributed by atoms with Crippen LogP contribution in [-0.4, -0.2) is 43.0 Å². The van der Waals surface area contributed by atoms with Crippen LogP contribution < -0.4 is 11.1 Å². The molecule has 4 nitrogen and oxygen atoms in total. The molecule has 2 atom stereocenters. The molecule has 2 rings (SSSR count). The molecule has 2 fully saturated rings. The summed E-state index contributed by atoms with van der Waals surface area (Å²) in [5, 5.41) is 3.01. The maximum absolute atomic E-state index is 11.7. The van der Waals surface area contributed by atoms with Crippen molar-refractivity contribution >= 4 is 18.3 Å². The molecule has 0 bridgehead atoms. The largest absolute Gasteiger partial charge is 0.355 e. The van der Waals surface area contributed by atoms with E-state index in [0.717, 1.165) is 32.0 Å². The number of nitrogens with one attached hydrogen (secondary N) is 1. The Morgan fingerprint density at radius 3 is 2.65 bits per heavy atom. The minimum Gasteiger partial charge on any atom is -0.355 e. The molecule has 1 heterocycles. The Bertz CT molecular complexity index is 258. The molecule has 0 radical (unpaired) electrons. The van der Waals surface area contributed by atoms with Gasteiger partial charge in [-0.15, -0.1) is 12.4 Å². The predicted molar refractivity (Wildman–Crippen MR) is 71.2 cm³/mol. The molecule has 3 N–H and O–H groups in total. The minimum atomic E-state index is 0. The molecule has 2 aliphatic rings. The fourth-order valence-corrected chi connectivity index (χ4v) is 2.43. The summed E-state index contributed by atoms with van der Waals surface area (Å²) in [6.45, 7) is 5.33. The number of carbonyl (C=O) groups is 1. The lowest BCUT2D eigenvalue weighted by atomic mass is 10.1. The zero-order chi connectivity index (χ0) is 11.5. The lowest BCUT2D eigenvalue weighted by molar-refractivity contribution is -0.122. The van der Waals surface area contributed by atoms with E-state index in [1.165, 1.54) is 12.8 Å². The topological polar surface area (TPSA) is 58.4 Å². The summed E-state index contributed by atoms with van der Waals surface area (Å²) in [6, 6.07) is 0.500. The number of likely N-dealkylation sites (tertiary alicyclic amines) is 1. The number of halogens is 1. The lowest BCUT2D eigenvalue weighted by Crippen LogP contribution is -2.39. The molecule has 0 aromatic carbocycles. The summed E-state index contributed by atoms with van der Waals surface area (Å²) < 4.78 is 0.